The molecule has 0 bridgehead atoms. The summed E-state index contributed by atoms with van der Waals surface area (Å²) in [5.74, 6) is 0. The van der Waals surface area contributed by atoms with Gasteiger partial charge < -0.3 is 5.32 Å². The van der Waals surface area contributed by atoms with Crippen LogP contribution in [-0.4, -0.2) is 37.3 Å². The van der Waals surface area contributed by atoms with E-state index in [-0.39, 0.29) is 0 Å². The lowest BCUT2D eigenvalue weighted by atomic mass is 10.0. The summed E-state index contributed by atoms with van der Waals surface area (Å²) in [6.45, 7) is 4.41. The molecule has 0 aliphatic rings. The van der Waals surface area contributed by atoms with E-state index in [2.05, 4.69) is 19.2 Å². The smallest absolute Gasteiger partial charge is 0.314 e. The molecular formula is C15H23F3N2. The molecule has 0 heterocycles. The Bertz CT molecular complexity index is 402. The van der Waals surface area contributed by atoms with Crippen molar-refractivity contribution in [2.45, 2.75) is 39.0 Å². The Morgan fingerprint density at radius 1 is 1.15 bits per heavy atom. The van der Waals surface area contributed by atoms with Gasteiger partial charge in [-0.3, -0.25) is 4.90 Å². The molecule has 0 amide bonds. The fourth-order valence-corrected chi connectivity index (χ4v) is 2.10. The van der Waals surface area contributed by atoms with Gasteiger partial charge in [0.1, 0.15) is 0 Å². The molecule has 2 nitrogen and oxygen atoms in total. The summed E-state index contributed by atoms with van der Waals surface area (Å²) in [5.41, 5.74) is 2.07. The maximum Gasteiger partial charge on any atom is 0.401 e. The summed E-state index contributed by atoms with van der Waals surface area (Å²) >= 11 is 0. The predicted octanol–water partition coefficient (Wildman–Crippen LogP) is 3.22. The van der Waals surface area contributed by atoms with Crippen molar-refractivity contribution in [3.63, 3.8) is 0 Å². The lowest BCUT2D eigenvalue weighted by molar-refractivity contribution is -0.144. The first-order valence-corrected chi connectivity index (χ1v) is 6.83. The number of hydrogen-bond acceptors (Lipinski definition) is 2. The molecule has 0 unspecified atom stereocenters. The monoisotopic (exact) mass is 288 g/mol. The second kappa shape index (κ2) is 7.64. The zero-order valence-electron chi connectivity index (χ0n) is 12.3. The SMILES string of the molecule is CC(C)NCCc1ccccc1CN(C)CC(F)(F)F. The Kier molecular flexibility index (Phi) is 6.49. The van der Waals surface area contributed by atoms with Crippen molar-refractivity contribution in [1.29, 1.82) is 0 Å². The molecule has 0 aliphatic carbocycles. The largest absolute Gasteiger partial charge is 0.401 e. The van der Waals surface area contributed by atoms with Gasteiger partial charge in [-0.15, -0.1) is 0 Å². The molecule has 0 radical (unpaired) electrons. The van der Waals surface area contributed by atoms with E-state index in [0.717, 1.165) is 24.1 Å². The zero-order chi connectivity index (χ0) is 15.2. The number of hydrogen-bond donors (Lipinski definition) is 1. The summed E-state index contributed by atoms with van der Waals surface area (Å²) in [6, 6.07) is 8.10. The average Bonchev–Trinajstić information content (AvgIpc) is 2.28. The fraction of sp³-hybridized carbons (Fsp3) is 0.600. The van der Waals surface area contributed by atoms with Crippen molar-refractivity contribution in [3.05, 3.63) is 35.4 Å². The molecule has 0 saturated heterocycles. The number of halogens is 3. The van der Waals surface area contributed by atoms with Crippen LogP contribution < -0.4 is 5.32 Å². The van der Waals surface area contributed by atoms with Gasteiger partial charge in [0.15, 0.2) is 0 Å². The Morgan fingerprint density at radius 2 is 1.75 bits per heavy atom. The topological polar surface area (TPSA) is 15.3 Å². The minimum absolute atomic E-state index is 0.317. The highest BCUT2D eigenvalue weighted by atomic mass is 19.4. The molecule has 0 saturated carbocycles. The summed E-state index contributed by atoms with van der Waals surface area (Å²) in [5, 5.41) is 3.32. The van der Waals surface area contributed by atoms with E-state index in [0.29, 0.717) is 12.6 Å². The summed E-state index contributed by atoms with van der Waals surface area (Å²) in [7, 11) is 1.50. The highest BCUT2D eigenvalue weighted by Gasteiger charge is 2.29. The molecule has 5 heteroatoms. The van der Waals surface area contributed by atoms with E-state index >= 15 is 0 Å². The Labute approximate surface area is 119 Å². The van der Waals surface area contributed by atoms with Crippen LogP contribution in [0.5, 0.6) is 0 Å². The number of benzene rings is 1. The van der Waals surface area contributed by atoms with E-state index in [1.165, 1.54) is 11.9 Å². The minimum Gasteiger partial charge on any atom is -0.314 e. The van der Waals surface area contributed by atoms with Crippen LogP contribution >= 0.6 is 0 Å². The van der Waals surface area contributed by atoms with Crippen molar-refractivity contribution in [2.75, 3.05) is 20.1 Å². The minimum atomic E-state index is -4.15. The Balaban J connectivity index is 2.60. The molecule has 0 atom stereocenters. The number of alkyl halides is 3. The van der Waals surface area contributed by atoms with Gasteiger partial charge in [0.05, 0.1) is 6.54 Å². The van der Waals surface area contributed by atoms with Gasteiger partial charge >= 0.3 is 6.18 Å². The van der Waals surface area contributed by atoms with Crippen LogP contribution in [0, 0.1) is 0 Å². The second-order valence-corrected chi connectivity index (χ2v) is 5.42. The maximum atomic E-state index is 12.3. The van der Waals surface area contributed by atoms with Crippen molar-refractivity contribution >= 4 is 0 Å². The highest BCUT2D eigenvalue weighted by Crippen LogP contribution is 2.18. The molecule has 0 aliphatic heterocycles. The van der Waals surface area contributed by atoms with Crippen LogP contribution in [0.1, 0.15) is 25.0 Å². The second-order valence-electron chi connectivity index (χ2n) is 5.42. The zero-order valence-corrected chi connectivity index (χ0v) is 12.3. The van der Waals surface area contributed by atoms with Gasteiger partial charge in [-0.05, 0) is 31.1 Å². The van der Waals surface area contributed by atoms with Crippen LogP contribution in [0.3, 0.4) is 0 Å². The molecule has 1 aromatic carbocycles. The van der Waals surface area contributed by atoms with E-state index in [1.807, 2.05) is 24.3 Å². The lowest BCUT2D eigenvalue weighted by Gasteiger charge is -2.20. The molecule has 20 heavy (non-hydrogen) atoms. The van der Waals surface area contributed by atoms with E-state index in [1.54, 1.807) is 0 Å². The molecular weight excluding hydrogens is 265 g/mol. The van der Waals surface area contributed by atoms with E-state index in [4.69, 9.17) is 0 Å². The molecule has 1 rings (SSSR count). The fourth-order valence-electron chi connectivity index (χ4n) is 2.10. The summed E-state index contributed by atoms with van der Waals surface area (Å²) in [4.78, 5) is 1.30. The van der Waals surface area contributed by atoms with Crippen molar-refractivity contribution in [1.82, 2.24) is 10.2 Å². The van der Waals surface area contributed by atoms with Crippen LogP contribution in [0.2, 0.25) is 0 Å². The van der Waals surface area contributed by atoms with Gasteiger partial charge in [-0.2, -0.15) is 13.2 Å². The lowest BCUT2D eigenvalue weighted by Crippen LogP contribution is -2.31. The molecule has 0 spiro atoms. The van der Waals surface area contributed by atoms with Gasteiger partial charge in [0.25, 0.3) is 0 Å². The standard InChI is InChI=1S/C15H23F3N2/c1-12(2)19-9-8-13-6-4-5-7-14(13)10-20(3)11-15(16,17)18/h4-7,12,19H,8-11H2,1-3H3. The van der Waals surface area contributed by atoms with Crippen molar-refractivity contribution in [3.8, 4) is 0 Å². The van der Waals surface area contributed by atoms with Gasteiger partial charge in [0, 0.05) is 12.6 Å². The first-order valence-electron chi connectivity index (χ1n) is 6.83. The molecule has 0 aromatic heterocycles. The van der Waals surface area contributed by atoms with Gasteiger partial charge in [0.2, 0.25) is 0 Å². The van der Waals surface area contributed by atoms with Crippen molar-refractivity contribution < 1.29 is 13.2 Å². The van der Waals surface area contributed by atoms with Crippen LogP contribution in [-0.2, 0) is 13.0 Å². The van der Waals surface area contributed by atoms with Crippen LogP contribution in [0.15, 0.2) is 24.3 Å². The molecule has 0 fully saturated rings. The third kappa shape index (κ3) is 6.91. The van der Waals surface area contributed by atoms with E-state index in [9.17, 15) is 13.2 Å². The maximum absolute atomic E-state index is 12.3. The summed E-state index contributed by atoms with van der Waals surface area (Å²) < 4.78 is 37.0. The third-order valence-electron chi connectivity index (χ3n) is 2.95. The van der Waals surface area contributed by atoms with Crippen molar-refractivity contribution in [2.24, 2.45) is 0 Å². The number of nitrogens with one attached hydrogen (secondary N) is 1. The third-order valence-corrected chi connectivity index (χ3v) is 2.95. The first kappa shape index (κ1) is 17.0. The Hall–Kier alpha value is -1.07. The first-order chi connectivity index (χ1) is 9.28. The van der Waals surface area contributed by atoms with Crippen LogP contribution in [0.25, 0.3) is 0 Å². The highest BCUT2D eigenvalue weighted by molar-refractivity contribution is 5.27. The van der Waals surface area contributed by atoms with E-state index < -0.39 is 12.7 Å². The quantitative estimate of drug-likeness (QED) is 0.828. The average molecular weight is 288 g/mol. The molecule has 1 N–H and O–H groups in total. The van der Waals surface area contributed by atoms with Gasteiger partial charge in [-0.25, -0.2) is 0 Å². The summed E-state index contributed by atoms with van der Waals surface area (Å²) in [6.07, 6.45) is -3.32. The number of nitrogens with zero attached hydrogens (tertiary/aromatic N) is 1. The molecule has 1 aromatic rings. The Morgan fingerprint density at radius 3 is 2.30 bits per heavy atom. The predicted molar refractivity (Wildman–Crippen MR) is 75.7 cm³/mol. The van der Waals surface area contributed by atoms with Gasteiger partial charge in [-0.1, -0.05) is 38.1 Å². The number of rotatable bonds is 7. The normalized spacial score (nSPS) is 12.4. The van der Waals surface area contributed by atoms with Crippen LogP contribution in [0.4, 0.5) is 13.2 Å². The molecule has 114 valence electrons.